The number of carbonyl (C=O) groups excluding carboxylic acids is 1. The second-order valence-corrected chi connectivity index (χ2v) is 6.74. The van der Waals surface area contributed by atoms with Gasteiger partial charge in [-0.25, -0.2) is 0 Å². The predicted octanol–water partition coefficient (Wildman–Crippen LogP) is 1.71. The molecule has 0 aliphatic carbocycles. The first-order valence-corrected chi connectivity index (χ1v) is 9.55. The van der Waals surface area contributed by atoms with Crippen molar-refractivity contribution in [3.63, 3.8) is 0 Å². The van der Waals surface area contributed by atoms with Crippen LogP contribution in [0.15, 0.2) is 4.99 Å². The maximum Gasteiger partial charge on any atom is 0.310 e. The van der Waals surface area contributed by atoms with Crippen molar-refractivity contribution >= 4 is 11.9 Å². The van der Waals surface area contributed by atoms with E-state index in [0.717, 1.165) is 38.4 Å². The van der Waals surface area contributed by atoms with E-state index in [9.17, 15) is 4.79 Å². The largest absolute Gasteiger partial charge is 0.466 e. The highest BCUT2D eigenvalue weighted by Gasteiger charge is 2.29. The van der Waals surface area contributed by atoms with E-state index >= 15 is 0 Å². The summed E-state index contributed by atoms with van der Waals surface area (Å²) in [5.74, 6) is 0.826. The molecule has 2 saturated heterocycles. The molecule has 0 spiro atoms. The van der Waals surface area contributed by atoms with Crippen LogP contribution in [0.2, 0.25) is 0 Å². The molecule has 0 aromatic rings. The fourth-order valence-corrected chi connectivity index (χ4v) is 3.87. The number of aliphatic imine (C=N–C) groups is 1. The Bertz CT molecular complexity index is 427. The SMILES string of the molecule is CCOC(=O)C1CCCN(C(=NC)NCC2CCCCN2CC)C1. The normalized spacial score (nSPS) is 26.3. The van der Waals surface area contributed by atoms with Gasteiger partial charge in [-0.2, -0.15) is 0 Å². The van der Waals surface area contributed by atoms with E-state index < -0.39 is 0 Å². The van der Waals surface area contributed by atoms with E-state index in [2.05, 4.69) is 27.0 Å². The molecular weight excluding hydrogens is 304 g/mol. The summed E-state index contributed by atoms with van der Waals surface area (Å²) in [7, 11) is 1.83. The van der Waals surface area contributed by atoms with E-state index in [0.29, 0.717) is 19.2 Å². The number of carbonyl (C=O) groups is 1. The van der Waals surface area contributed by atoms with Gasteiger partial charge < -0.3 is 15.0 Å². The molecule has 6 nitrogen and oxygen atoms in total. The fourth-order valence-electron chi connectivity index (χ4n) is 3.87. The second-order valence-electron chi connectivity index (χ2n) is 6.74. The Kier molecular flexibility index (Phi) is 7.82. The topological polar surface area (TPSA) is 57.2 Å². The van der Waals surface area contributed by atoms with Gasteiger partial charge in [-0.1, -0.05) is 13.3 Å². The number of esters is 1. The summed E-state index contributed by atoms with van der Waals surface area (Å²) in [5, 5.41) is 3.55. The number of nitrogens with one attached hydrogen (secondary N) is 1. The molecule has 2 fully saturated rings. The van der Waals surface area contributed by atoms with Crippen LogP contribution in [-0.2, 0) is 9.53 Å². The number of rotatable bonds is 5. The van der Waals surface area contributed by atoms with Crippen LogP contribution in [-0.4, -0.2) is 74.1 Å². The van der Waals surface area contributed by atoms with Crippen LogP contribution in [0.3, 0.4) is 0 Å². The molecule has 138 valence electrons. The first-order chi connectivity index (χ1) is 11.7. The highest BCUT2D eigenvalue weighted by molar-refractivity contribution is 5.81. The standard InChI is InChI=1S/C18H34N4O2/c1-4-21-11-7-6-10-16(21)13-20-18(19-3)22-12-8-9-15(14-22)17(23)24-5-2/h15-16H,4-14H2,1-3H3,(H,19,20). The maximum absolute atomic E-state index is 12.0. The third-order valence-electron chi connectivity index (χ3n) is 5.20. The molecule has 1 N–H and O–H groups in total. The summed E-state index contributed by atoms with van der Waals surface area (Å²) in [6.45, 7) is 9.47. The number of piperidine rings is 2. The predicted molar refractivity (Wildman–Crippen MR) is 97.2 cm³/mol. The van der Waals surface area contributed by atoms with Crippen LogP contribution in [0.25, 0.3) is 0 Å². The molecule has 0 radical (unpaired) electrons. The van der Waals surface area contributed by atoms with Crippen molar-refractivity contribution in [3.8, 4) is 0 Å². The molecule has 0 amide bonds. The molecule has 0 bridgehead atoms. The first-order valence-electron chi connectivity index (χ1n) is 9.55. The Morgan fingerprint density at radius 1 is 1.21 bits per heavy atom. The number of guanidine groups is 1. The fraction of sp³-hybridized carbons (Fsp3) is 0.889. The molecule has 2 aliphatic rings. The number of hydrogen-bond acceptors (Lipinski definition) is 4. The summed E-state index contributed by atoms with van der Waals surface area (Å²) >= 11 is 0. The van der Waals surface area contributed by atoms with E-state index in [1.807, 2.05) is 14.0 Å². The number of likely N-dealkylation sites (N-methyl/N-ethyl adjacent to an activating group) is 1. The van der Waals surface area contributed by atoms with Gasteiger partial charge in [0, 0.05) is 32.7 Å². The van der Waals surface area contributed by atoms with E-state index in [1.165, 1.54) is 25.8 Å². The zero-order valence-electron chi connectivity index (χ0n) is 15.6. The van der Waals surface area contributed by atoms with Crippen molar-refractivity contribution in [2.45, 2.75) is 52.0 Å². The van der Waals surface area contributed by atoms with Crippen LogP contribution >= 0.6 is 0 Å². The summed E-state index contributed by atoms with van der Waals surface area (Å²) < 4.78 is 5.19. The van der Waals surface area contributed by atoms with Crippen molar-refractivity contribution in [3.05, 3.63) is 0 Å². The van der Waals surface area contributed by atoms with Crippen molar-refractivity contribution in [2.75, 3.05) is 46.4 Å². The van der Waals surface area contributed by atoms with Gasteiger partial charge in [-0.15, -0.1) is 0 Å². The molecule has 2 atom stereocenters. The van der Waals surface area contributed by atoms with Crippen LogP contribution in [0.4, 0.5) is 0 Å². The average Bonchev–Trinajstić information content (AvgIpc) is 2.63. The third-order valence-corrected chi connectivity index (χ3v) is 5.20. The van der Waals surface area contributed by atoms with Crippen molar-refractivity contribution in [2.24, 2.45) is 10.9 Å². The Balaban J connectivity index is 1.87. The minimum Gasteiger partial charge on any atom is -0.466 e. The van der Waals surface area contributed by atoms with Crippen molar-refractivity contribution < 1.29 is 9.53 Å². The molecule has 24 heavy (non-hydrogen) atoms. The Labute approximate surface area is 146 Å². The Morgan fingerprint density at radius 2 is 2.04 bits per heavy atom. The summed E-state index contributed by atoms with van der Waals surface area (Å²) in [5.41, 5.74) is 0. The van der Waals surface area contributed by atoms with Gasteiger partial charge in [0.1, 0.15) is 0 Å². The lowest BCUT2D eigenvalue weighted by Gasteiger charge is -2.37. The zero-order valence-corrected chi connectivity index (χ0v) is 15.6. The molecule has 2 aliphatic heterocycles. The Hall–Kier alpha value is -1.30. The van der Waals surface area contributed by atoms with Crippen molar-refractivity contribution in [1.82, 2.24) is 15.1 Å². The highest BCUT2D eigenvalue weighted by atomic mass is 16.5. The molecule has 2 heterocycles. The van der Waals surface area contributed by atoms with E-state index in [4.69, 9.17) is 4.74 Å². The molecule has 2 unspecified atom stereocenters. The smallest absolute Gasteiger partial charge is 0.310 e. The van der Waals surface area contributed by atoms with Gasteiger partial charge in [0.25, 0.3) is 0 Å². The minimum absolute atomic E-state index is 0.0286. The van der Waals surface area contributed by atoms with Crippen LogP contribution < -0.4 is 5.32 Å². The zero-order chi connectivity index (χ0) is 17.4. The summed E-state index contributed by atoms with van der Waals surface area (Å²) in [6, 6.07) is 0.589. The van der Waals surface area contributed by atoms with Gasteiger partial charge in [0.05, 0.1) is 12.5 Å². The molecule has 0 aromatic heterocycles. The van der Waals surface area contributed by atoms with Crippen LogP contribution in [0, 0.1) is 5.92 Å². The third kappa shape index (κ3) is 5.10. The van der Waals surface area contributed by atoms with Gasteiger partial charge in [-0.3, -0.25) is 14.7 Å². The van der Waals surface area contributed by atoms with Crippen LogP contribution in [0.5, 0.6) is 0 Å². The summed E-state index contributed by atoms with van der Waals surface area (Å²) in [4.78, 5) is 21.2. The lowest BCUT2D eigenvalue weighted by molar-refractivity contribution is -0.149. The monoisotopic (exact) mass is 338 g/mol. The van der Waals surface area contributed by atoms with Gasteiger partial charge >= 0.3 is 5.97 Å². The first kappa shape index (κ1) is 19.0. The molecule has 0 saturated carbocycles. The molecule has 2 rings (SSSR count). The van der Waals surface area contributed by atoms with E-state index in [-0.39, 0.29) is 11.9 Å². The Morgan fingerprint density at radius 3 is 2.75 bits per heavy atom. The van der Waals surface area contributed by atoms with E-state index in [1.54, 1.807) is 0 Å². The number of likely N-dealkylation sites (tertiary alicyclic amines) is 2. The average molecular weight is 338 g/mol. The molecule has 6 heteroatoms. The number of nitrogens with zero attached hydrogens (tertiary/aromatic N) is 3. The number of ether oxygens (including phenoxy) is 1. The van der Waals surface area contributed by atoms with Gasteiger partial charge in [-0.05, 0) is 45.7 Å². The second kappa shape index (κ2) is 9.87. The lowest BCUT2D eigenvalue weighted by atomic mass is 9.98. The summed E-state index contributed by atoms with van der Waals surface area (Å²) in [6.07, 6.45) is 5.80. The van der Waals surface area contributed by atoms with Gasteiger partial charge in [0.2, 0.25) is 0 Å². The maximum atomic E-state index is 12.0. The molecular formula is C18H34N4O2. The van der Waals surface area contributed by atoms with Crippen molar-refractivity contribution in [1.29, 1.82) is 0 Å². The van der Waals surface area contributed by atoms with Gasteiger partial charge in [0.15, 0.2) is 5.96 Å². The molecule has 0 aromatic carbocycles. The highest BCUT2D eigenvalue weighted by Crippen LogP contribution is 2.19. The lowest BCUT2D eigenvalue weighted by Crippen LogP contribution is -2.52. The quantitative estimate of drug-likeness (QED) is 0.470. The number of hydrogen-bond donors (Lipinski definition) is 1. The minimum atomic E-state index is -0.0675. The van der Waals surface area contributed by atoms with Crippen LogP contribution in [0.1, 0.15) is 46.0 Å².